The molecule has 4 saturated heterocycles. The summed E-state index contributed by atoms with van der Waals surface area (Å²) in [4.78, 5) is 253. The largest absolute Gasteiger partial charge is 0.481 e. The molecule has 0 aromatic carbocycles. The summed E-state index contributed by atoms with van der Waals surface area (Å²) in [5.74, 6) is -15.6. The van der Waals surface area contributed by atoms with Crippen molar-refractivity contribution in [1.82, 2.24) is 78.9 Å². The van der Waals surface area contributed by atoms with Crippen molar-refractivity contribution in [1.29, 1.82) is 0 Å². The minimum atomic E-state index is -5.36. The molecule has 0 bridgehead atoms. The zero-order chi connectivity index (χ0) is 75.6. The van der Waals surface area contributed by atoms with Gasteiger partial charge in [0.2, 0.25) is 94.5 Å². The van der Waals surface area contributed by atoms with Crippen LogP contribution >= 0.6 is 19.6 Å². The number of unbranched alkanes of at least 4 members (excludes halogenated alkanes) is 1. The van der Waals surface area contributed by atoms with Crippen molar-refractivity contribution >= 4 is 126 Å². The van der Waals surface area contributed by atoms with Crippen LogP contribution < -0.4 is 86.3 Å². The lowest BCUT2D eigenvalue weighted by Gasteiger charge is -2.30. The van der Waals surface area contributed by atoms with Crippen LogP contribution in [-0.4, -0.2) is 254 Å². The van der Waals surface area contributed by atoms with Gasteiger partial charge in [0.25, 0.3) is 0 Å². The fourth-order valence-electron chi connectivity index (χ4n) is 11.2. The van der Waals surface area contributed by atoms with Crippen molar-refractivity contribution in [2.24, 2.45) is 23.1 Å². The first-order valence-electron chi connectivity index (χ1n) is 32.6. The number of rotatable bonds is 42. The van der Waals surface area contributed by atoms with Crippen molar-refractivity contribution in [2.45, 2.75) is 202 Å². The van der Waals surface area contributed by atoms with E-state index in [1.165, 1.54) is 4.90 Å². The molecule has 18 amide bonds. The molecule has 0 radical (unpaired) electrons. The fourth-order valence-corrected chi connectivity index (χ4v) is 13.0. The first kappa shape index (κ1) is 84.1. The van der Waals surface area contributed by atoms with Gasteiger partial charge >= 0.3 is 19.8 Å². The van der Waals surface area contributed by atoms with E-state index in [9.17, 15) is 106 Å². The molecule has 43 heteroatoms. The summed E-state index contributed by atoms with van der Waals surface area (Å²) in [7, 11) is -5.36. The molecule has 0 saturated carbocycles. The number of phosphoric acid groups is 1. The number of hydrogen-bond donors (Lipinski definition) is 19. The monoisotopic (exact) mass is 1470 g/mol. The second-order valence-corrected chi connectivity index (χ2v) is 27.6. The average molecular weight is 1470 g/mol. The molecule has 564 valence electrons. The number of carboxylic acid groups (broad SMARTS) is 1. The Kier molecular flexibility index (Phi) is 33.5. The zero-order valence-corrected chi connectivity index (χ0v) is 58.1. The minimum absolute atomic E-state index is 0.0323. The van der Waals surface area contributed by atoms with Crippen molar-refractivity contribution in [3.05, 3.63) is 0 Å². The van der Waals surface area contributed by atoms with Gasteiger partial charge < -0.3 is 111 Å². The van der Waals surface area contributed by atoms with E-state index in [0.29, 0.717) is 12.8 Å². The van der Waals surface area contributed by atoms with Gasteiger partial charge in [-0.2, -0.15) is 11.8 Å². The van der Waals surface area contributed by atoms with Crippen LogP contribution in [0.3, 0.4) is 0 Å². The maximum Gasteiger partial charge on any atom is 0.469 e. The standard InChI is InChI=1S/C58H93N18O23PS/c1-27(2)20-34(68-45(82)23-63-43(80)22-62-42(79)13-7-6-12-39-47-36(26-101-39)73-58(95)74-47)56(93)76-19-9-11-38(76)55(92)71-33(21-41(60)78)53(90)67-29(4)49(86)66-30(5)51(88)72-35(25-99-100(96,97)98)57(94)75-18-8-10-37(75)54(91)64-24-44(81)65-28(3)50(87)70-32(15-17-46(83)84)52(89)69-31(48(61)85)14-16-40(59)77/h27-39,47H,6-26H2,1-5H3,(H2,59,77)(H2,60,78)(H2,61,85)(H,62,79)(H,63,80)(H,64,91)(H,65,81)(H,66,86)(H,67,90)(H,68,82)(H,69,89)(H,70,87)(H,71,92)(H,72,88)(H,83,84)(H2,73,74,95)(H2,96,97,98)/t28-,29-,30-,31-,32-,33-,34-,35-,36-,37-,38-,39-,47-/m0/s1. The number of hydrogen-bond acceptors (Lipinski definition) is 21. The van der Waals surface area contributed by atoms with Gasteiger partial charge in [0, 0.05) is 43.4 Å². The molecular weight excluding hydrogens is 1380 g/mol. The van der Waals surface area contributed by atoms with Crippen molar-refractivity contribution in [3.63, 3.8) is 0 Å². The maximum atomic E-state index is 14.1. The van der Waals surface area contributed by atoms with Gasteiger partial charge in [0.05, 0.1) is 44.7 Å². The summed E-state index contributed by atoms with van der Waals surface area (Å²) < 4.78 is 16.4. The number of amides is 18. The molecule has 41 nitrogen and oxygen atoms in total. The van der Waals surface area contributed by atoms with Crippen LogP contribution in [0.15, 0.2) is 0 Å². The zero-order valence-electron chi connectivity index (χ0n) is 56.4. The number of phosphoric ester groups is 1. The Morgan fingerprint density at radius 3 is 1.66 bits per heavy atom. The number of carbonyl (C=O) groups is 18. The number of nitrogens with one attached hydrogen (secondary N) is 13. The highest BCUT2D eigenvalue weighted by molar-refractivity contribution is 8.00. The molecule has 4 fully saturated rings. The lowest BCUT2D eigenvalue weighted by atomic mass is 10.0. The predicted molar refractivity (Wildman–Crippen MR) is 351 cm³/mol. The van der Waals surface area contributed by atoms with E-state index in [0.717, 1.165) is 44.3 Å². The summed E-state index contributed by atoms with van der Waals surface area (Å²) in [6, 6.07) is -15.2. The summed E-state index contributed by atoms with van der Waals surface area (Å²) in [5.41, 5.74) is 15.8. The Bertz CT molecular complexity index is 3160. The Morgan fingerprint density at radius 2 is 1.08 bits per heavy atom. The second kappa shape index (κ2) is 40.2. The molecule has 0 aromatic heterocycles. The SMILES string of the molecule is CC(C)C[C@H](NC(=O)CNC(=O)CNC(=O)CCCC[C@@H]1SC[C@@H]2NC(=O)N[C@@H]21)C(=O)N1CCC[C@H]1C(=O)N[C@@H](CC(N)=O)C(=O)N[C@@H](C)C(=O)N[C@@H](C)C(=O)N[C@@H](COP(=O)(O)O)C(=O)N1CCC[C@H]1C(=O)NCC(=O)N[C@@H](C)C(=O)N[C@@H](CCC(=O)O)C(=O)N[C@@H](CCC(N)=O)C(N)=O. The number of carbonyl (C=O) groups excluding carboxylic acids is 17. The summed E-state index contributed by atoms with van der Waals surface area (Å²) in [6.45, 7) is 3.80. The number of thioether (sulfide) groups is 1. The molecule has 101 heavy (non-hydrogen) atoms. The molecule has 0 aliphatic carbocycles. The molecule has 4 rings (SSSR count). The van der Waals surface area contributed by atoms with Crippen LogP contribution in [0.5, 0.6) is 0 Å². The van der Waals surface area contributed by atoms with Crippen LogP contribution in [0.4, 0.5) is 4.79 Å². The third-order valence-corrected chi connectivity index (χ3v) is 18.4. The molecule has 4 heterocycles. The van der Waals surface area contributed by atoms with Gasteiger partial charge in [-0.1, -0.05) is 20.3 Å². The number of fused-ring (bicyclic) bond motifs is 1. The van der Waals surface area contributed by atoms with E-state index in [1.54, 1.807) is 25.6 Å². The van der Waals surface area contributed by atoms with Crippen LogP contribution in [0.1, 0.15) is 125 Å². The molecule has 0 aromatic rings. The van der Waals surface area contributed by atoms with Gasteiger partial charge in [-0.3, -0.25) is 86.0 Å². The minimum Gasteiger partial charge on any atom is -0.481 e. The normalized spacial score (nSPS) is 20.0. The van der Waals surface area contributed by atoms with Crippen LogP contribution in [0.2, 0.25) is 0 Å². The molecule has 4 aliphatic rings. The predicted octanol–water partition coefficient (Wildman–Crippen LogP) is -8.37. The number of likely N-dealkylation sites (tertiary alicyclic amines) is 2. The molecular formula is C58H93N18O23PS. The third-order valence-electron chi connectivity index (χ3n) is 16.4. The molecule has 0 unspecified atom stereocenters. The van der Waals surface area contributed by atoms with E-state index in [-0.39, 0.29) is 93.2 Å². The first-order valence-corrected chi connectivity index (χ1v) is 35.2. The number of urea groups is 1. The first-order chi connectivity index (χ1) is 47.3. The Labute approximate surface area is 583 Å². The van der Waals surface area contributed by atoms with Crippen molar-refractivity contribution in [3.8, 4) is 0 Å². The Balaban J connectivity index is 1.29. The van der Waals surface area contributed by atoms with Crippen molar-refractivity contribution in [2.75, 3.05) is 45.1 Å². The number of carboxylic acids is 1. The van der Waals surface area contributed by atoms with E-state index in [2.05, 4.69) is 73.6 Å². The van der Waals surface area contributed by atoms with E-state index >= 15 is 0 Å². The van der Waals surface area contributed by atoms with Gasteiger partial charge in [0.1, 0.15) is 60.4 Å². The maximum absolute atomic E-state index is 14.1. The third kappa shape index (κ3) is 28.7. The van der Waals surface area contributed by atoms with Crippen LogP contribution in [0, 0.1) is 5.92 Å². The van der Waals surface area contributed by atoms with Crippen molar-refractivity contribution < 1.29 is 110 Å². The quantitative estimate of drug-likeness (QED) is 0.0153. The number of nitrogens with two attached hydrogens (primary N) is 3. The van der Waals surface area contributed by atoms with Gasteiger partial charge in [-0.25, -0.2) is 9.36 Å². The van der Waals surface area contributed by atoms with Gasteiger partial charge in [0.15, 0.2) is 0 Å². The highest BCUT2D eigenvalue weighted by atomic mass is 32.2. The molecule has 13 atom stereocenters. The number of aliphatic carboxylic acids is 1. The highest BCUT2D eigenvalue weighted by Gasteiger charge is 2.44. The fraction of sp³-hybridized carbons (Fsp3) is 0.690. The lowest BCUT2D eigenvalue weighted by Crippen LogP contribution is -2.60. The number of nitrogens with zero attached hydrogens (tertiary/aromatic N) is 2. The highest BCUT2D eigenvalue weighted by Crippen LogP contribution is 2.36. The summed E-state index contributed by atoms with van der Waals surface area (Å²) >= 11 is 1.76. The molecule has 4 aliphatic heterocycles. The Hall–Kier alpha value is -9.28. The summed E-state index contributed by atoms with van der Waals surface area (Å²) in [6.07, 6.45) is 0.157. The average Bonchev–Trinajstić information content (AvgIpc) is 1.70. The summed E-state index contributed by atoms with van der Waals surface area (Å²) in [5, 5.41) is 40.9. The van der Waals surface area contributed by atoms with E-state index in [4.69, 9.17) is 17.2 Å². The molecule has 22 N–H and O–H groups in total. The van der Waals surface area contributed by atoms with Gasteiger partial charge in [-0.15, -0.1) is 0 Å². The smallest absolute Gasteiger partial charge is 0.469 e. The molecule has 0 spiro atoms. The second-order valence-electron chi connectivity index (χ2n) is 25.1. The van der Waals surface area contributed by atoms with E-state index < -0.39 is 208 Å². The van der Waals surface area contributed by atoms with E-state index in [1.807, 2.05) is 0 Å². The van der Waals surface area contributed by atoms with Gasteiger partial charge in [-0.05, 0) is 84.5 Å². The number of primary amides is 3. The van der Waals surface area contributed by atoms with Crippen LogP contribution in [-0.2, 0) is 90.6 Å². The topological polar surface area (TPSA) is 635 Å². The van der Waals surface area contributed by atoms with Crippen LogP contribution in [0.25, 0.3) is 0 Å². The Morgan fingerprint density at radius 1 is 0.564 bits per heavy atom. The lowest BCUT2D eigenvalue weighted by molar-refractivity contribution is -0.143.